The standard InChI is InChI=1S/C12H22NOS/c1-15(2)12-6-4-3-5-11(12)13-7-9-14-10-8-13/h3-10H2,1-2H3/q+1. The molecule has 0 aromatic carbocycles. The molecule has 1 fully saturated rings. The normalized spacial score (nSPS) is 23.8. The van der Waals surface area contributed by atoms with Gasteiger partial charge in [-0.05, 0) is 19.3 Å². The lowest BCUT2D eigenvalue weighted by molar-refractivity contribution is 0.0511. The summed E-state index contributed by atoms with van der Waals surface area (Å²) in [4.78, 5) is 4.31. The Bertz CT molecular complexity index is 244. The van der Waals surface area contributed by atoms with Crippen LogP contribution in [0.5, 0.6) is 0 Å². The van der Waals surface area contributed by atoms with Gasteiger partial charge >= 0.3 is 0 Å². The maximum Gasteiger partial charge on any atom is 0.150 e. The third-order valence-corrected chi connectivity index (χ3v) is 4.70. The van der Waals surface area contributed by atoms with Crippen molar-refractivity contribution in [2.24, 2.45) is 0 Å². The molecule has 2 nitrogen and oxygen atoms in total. The van der Waals surface area contributed by atoms with Crippen LogP contribution in [0.4, 0.5) is 0 Å². The van der Waals surface area contributed by atoms with E-state index in [2.05, 4.69) is 17.4 Å². The van der Waals surface area contributed by atoms with E-state index >= 15 is 0 Å². The zero-order valence-corrected chi connectivity index (χ0v) is 10.7. The van der Waals surface area contributed by atoms with Crippen LogP contribution < -0.4 is 0 Å². The lowest BCUT2D eigenvalue weighted by Crippen LogP contribution is -2.37. The monoisotopic (exact) mass is 228 g/mol. The van der Waals surface area contributed by atoms with Gasteiger partial charge in [0.05, 0.1) is 18.9 Å². The van der Waals surface area contributed by atoms with Gasteiger partial charge < -0.3 is 9.64 Å². The summed E-state index contributed by atoms with van der Waals surface area (Å²) in [6.45, 7) is 4.04. The molecule has 1 heterocycles. The Morgan fingerprint density at radius 1 is 1.07 bits per heavy atom. The first-order chi connectivity index (χ1) is 7.29. The van der Waals surface area contributed by atoms with Crippen molar-refractivity contribution in [1.82, 2.24) is 4.90 Å². The maximum absolute atomic E-state index is 5.42. The van der Waals surface area contributed by atoms with Crippen LogP contribution in [0.1, 0.15) is 25.7 Å². The highest BCUT2D eigenvalue weighted by molar-refractivity contribution is 7.99. The third kappa shape index (κ3) is 2.70. The number of allylic oxidation sites excluding steroid dienone is 2. The summed E-state index contributed by atoms with van der Waals surface area (Å²) in [6, 6.07) is 0. The third-order valence-electron chi connectivity index (χ3n) is 3.27. The average molecular weight is 228 g/mol. The molecule has 0 radical (unpaired) electrons. The number of hydrogen-bond donors (Lipinski definition) is 0. The smallest absolute Gasteiger partial charge is 0.150 e. The molecule has 0 saturated carbocycles. The maximum atomic E-state index is 5.42. The molecule has 2 rings (SSSR count). The SMILES string of the molecule is C[S+](C)C1=C(N2CCOCC2)CCCC1. The topological polar surface area (TPSA) is 12.5 Å². The second-order valence-electron chi connectivity index (χ2n) is 4.49. The van der Waals surface area contributed by atoms with E-state index in [0.29, 0.717) is 10.9 Å². The van der Waals surface area contributed by atoms with Gasteiger partial charge in [0.15, 0.2) is 0 Å². The molecule has 0 spiro atoms. The number of ether oxygens (including phenoxy) is 1. The Labute approximate surface area is 96.0 Å². The lowest BCUT2D eigenvalue weighted by Gasteiger charge is -2.33. The van der Waals surface area contributed by atoms with Crippen LogP contribution >= 0.6 is 0 Å². The van der Waals surface area contributed by atoms with Crippen LogP contribution in [0.2, 0.25) is 0 Å². The summed E-state index contributed by atoms with van der Waals surface area (Å²) in [5.74, 6) is 0. The van der Waals surface area contributed by atoms with Crippen molar-refractivity contribution in [3.8, 4) is 0 Å². The predicted octanol–water partition coefficient (Wildman–Crippen LogP) is 1.98. The molecule has 1 saturated heterocycles. The molecule has 0 atom stereocenters. The molecule has 0 bridgehead atoms. The minimum atomic E-state index is 0.463. The fourth-order valence-corrected chi connectivity index (χ4v) is 3.72. The van der Waals surface area contributed by atoms with Crippen LogP contribution in [-0.4, -0.2) is 43.7 Å². The number of rotatable bonds is 2. The molecule has 0 N–H and O–H groups in total. The fourth-order valence-electron chi connectivity index (χ4n) is 2.47. The van der Waals surface area contributed by atoms with Crippen molar-refractivity contribution >= 4 is 10.9 Å². The lowest BCUT2D eigenvalue weighted by atomic mass is 10.0. The minimum absolute atomic E-state index is 0.463. The van der Waals surface area contributed by atoms with Crippen LogP contribution in [0.25, 0.3) is 0 Å². The second-order valence-corrected chi connectivity index (χ2v) is 6.62. The van der Waals surface area contributed by atoms with Gasteiger partial charge in [0.1, 0.15) is 17.4 Å². The Hall–Kier alpha value is -0.150. The van der Waals surface area contributed by atoms with Crippen molar-refractivity contribution in [3.63, 3.8) is 0 Å². The van der Waals surface area contributed by atoms with Crippen molar-refractivity contribution in [1.29, 1.82) is 0 Å². The molecule has 2 aliphatic rings. The summed E-state index contributed by atoms with van der Waals surface area (Å²) in [6.07, 6.45) is 10.1. The largest absolute Gasteiger partial charge is 0.378 e. The van der Waals surface area contributed by atoms with Gasteiger partial charge in [-0.1, -0.05) is 0 Å². The van der Waals surface area contributed by atoms with Gasteiger partial charge in [-0.15, -0.1) is 0 Å². The summed E-state index contributed by atoms with van der Waals surface area (Å²) in [7, 11) is 0.463. The van der Waals surface area contributed by atoms with Gasteiger partial charge in [0, 0.05) is 30.4 Å². The molecule has 1 aliphatic heterocycles. The Kier molecular flexibility index (Phi) is 3.98. The minimum Gasteiger partial charge on any atom is -0.378 e. The van der Waals surface area contributed by atoms with Crippen molar-refractivity contribution in [2.75, 3.05) is 38.8 Å². The Balaban J connectivity index is 2.13. The van der Waals surface area contributed by atoms with E-state index in [1.54, 1.807) is 10.6 Å². The van der Waals surface area contributed by atoms with E-state index < -0.39 is 0 Å². The van der Waals surface area contributed by atoms with Crippen molar-refractivity contribution in [3.05, 3.63) is 10.6 Å². The first kappa shape index (κ1) is 11.3. The first-order valence-corrected chi connectivity index (χ1v) is 7.95. The number of nitrogens with zero attached hydrogens (tertiary/aromatic N) is 1. The summed E-state index contributed by atoms with van der Waals surface area (Å²) in [5, 5.41) is 0. The summed E-state index contributed by atoms with van der Waals surface area (Å²) in [5.41, 5.74) is 1.66. The molecule has 0 aromatic heterocycles. The van der Waals surface area contributed by atoms with E-state index in [4.69, 9.17) is 4.74 Å². The highest BCUT2D eigenvalue weighted by atomic mass is 32.2. The molecular formula is C12H22NOS+. The first-order valence-electron chi connectivity index (χ1n) is 5.91. The molecular weight excluding hydrogens is 206 g/mol. The molecule has 0 amide bonds. The molecule has 86 valence electrons. The molecule has 0 unspecified atom stereocenters. The second kappa shape index (κ2) is 5.26. The highest BCUT2D eigenvalue weighted by Gasteiger charge is 2.27. The Morgan fingerprint density at radius 2 is 1.73 bits per heavy atom. The number of morpholine rings is 1. The quantitative estimate of drug-likeness (QED) is 0.670. The average Bonchev–Trinajstić information content (AvgIpc) is 2.30. The van der Waals surface area contributed by atoms with E-state index in [1.807, 2.05) is 0 Å². The summed E-state index contributed by atoms with van der Waals surface area (Å²) >= 11 is 0. The fraction of sp³-hybridized carbons (Fsp3) is 0.833. The molecule has 0 aromatic rings. The van der Waals surface area contributed by atoms with Crippen molar-refractivity contribution in [2.45, 2.75) is 25.7 Å². The van der Waals surface area contributed by atoms with Gasteiger partial charge in [-0.25, -0.2) is 0 Å². The predicted molar refractivity (Wildman–Crippen MR) is 67.1 cm³/mol. The van der Waals surface area contributed by atoms with Gasteiger partial charge in [-0.3, -0.25) is 0 Å². The van der Waals surface area contributed by atoms with Crippen LogP contribution in [0.15, 0.2) is 10.6 Å². The molecule has 3 heteroatoms. The zero-order valence-electron chi connectivity index (χ0n) is 9.92. The zero-order chi connectivity index (χ0) is 10.7. The van der Waals surface area contributed by atoms with Gasteiger partial charge in [0.2, 0.25) is 0 Å². The Morgan fingerprint density at radius 3 is 2.40 bits per heavy atom. The van der Waals surface area contributed by atoms with E-state index in [0.717, 1.165) is 26.3 Å². The number of hydrogen-bond acceptors (Lipinski definition) is 2. The van der Waals surface area contributed by atoms with Crippen LogP contribution in [-0.2, 0) is 15.6 Å². The van der Waals surface area contributed by atoms with Gasteiger partial charge in [-0.2, -0.15) is 0 Å². The van der Waals surface area contributed by atoms with Crippen molar-refractivity contribution < 1.29 is 4.74 Å². The van der Waals surface area contributed by atoms with Gasteiger partial charge in [0.25, 0.3) is 0 Å². The highest BCUT2D eigenvalue weighted by Crippen LogP contribution is 2.30. The van der Waals surface area contributed by atoms with Crippen LogP contribution in [0, 0.1) is 0 Å². The molecule has 15 heavy (non-hydrogen) atoms. The summed E-state index contributed by atoms with van der Waals surface area (Å²) < 4.78 is 5.42. The van der Waals surface area contributed by atoms with E-state index in [9.17, 15) is 0 Å². The van der Waals surface area contributed by atoms with E-state index in [-0.39, 0.29) is 0 Å². The molecule has 1 aliphatic carbocycles. The van der Waals surface area contributed by atoms with E-state index in [1.165, 1.54) is 25.7 Å². The van der Waals surface area contributed by atoms with Crippen LogP contribution in [0.3, 0.4) is 0 Å².